The Morgan fingerprint density at radius 1 is 1.29 bits per heavy atom. The molecule has 9 heteroatoms. The van der Waals surface area contributed by atoms with Crippen molar-refractivity contribution in [2.24, 2.45) is 0 Å². The Bertz CT molecular complexity index is 1070. The zero-order chi connectivity index (χ0) is 21.6. The number of thioether (sulfide) groups is 1. The molecule has 31 heavy (non-hydrogen) atoms. The van der Waals surface area contributed by atoms with Gasteiger partial charge in [0.1, 0.15) is 13.2 Å². The van der Waals surface area contributed by atoms with Crippen molar-refractivity contribution in [3.63, 3.8) is 0 Å². The lowest BCUT2D eigenvalue weighted by atomic mass is 10.1. The fourth-order valence-electron chi connectivity index (χ4n) is 3.22. The van der Waals surface area contributed by atoms with Crippen molar-refractivity contribution < 1.29 is 14.3 Å². The number of carbonyl (C=O) groups is 1. The highest BCUT2D eigenvalue weighted by atomic mass is 32.2. The van der Waals surface area contributed by atoms with Crippen LogP contribution in [0.3, 0.4) is 0 Å². The molecule has 1 aliphatic rings. The maximum atomic E-state index is 12.6. The second kappa shape index (κ2) is 9.65. The number of amides is 1. The largest absolute Gasteiger partial charge is 0.486 e. The maximum Gasteiger partial charge on any atom is 0.230 e. The van der Waals surface area contributed by atoms with Crippen LogP contribution in [-0.2, 0) is 11.3 Å². The Kier molecular flexibility index (Phi) is 6.51. The van der Waals surface area contributed by atoms with E-state index >= 15 is 0 Å². The van der Waals surface area contributed by atoms with Crippen LogP contribution in [0.4, 0.5) is 0 Å². The van der Waals surface area contributed by atoms with Gasteiger partial charge in [0, 0.05) is 24.5 Å². The molecule has 1 N–H and O–H groups in total. The summed E-state index contributed by atoms with van der Waals surface area (Å²) in [7, 11) is 0. The minimum atomic E-state index is -0.166. The van der Waals surface area contributed by atoms with Crippen molar-refractivity contribution in [2.75, 3.05) is 19.0 Å². The van der Waals surface area contributed by atoms with Crippen LogP contribution < -0.4 is 14.8 Å². The molecule has 0 fully saturated rings. The molecule has 4 rings (SSSR count). The van der Waals surface area contributed by atoms with Crippen LogP contribution in [-0.4, -0.2) is 44.6 Å². The first kappa shape index (κ1) is 20.9. The molecule has 1 aromatic carbocycles. The highest BCUT2D eigenvalue weighted by Crippen LogP contribution is 2.32. The molecule has 1 aliphatic heterocycles. The smallest absolute Gasteiger partial charge is 0.230 e. The fraction of sp³-hybridized carbons (Fsp3) is 0.273. The van der Waals surface area contributed by atoms with Gasteiger partial charge in [-0.1, -0.05) is 23.9 Å². The molecule has 1 atom stereocenters. The fourth-order valence-corrected chi connectivity index (χ4v) is 3.98. The molecular weight excluding hydrogens is 414 g/mol. The number of carbonyl (C=O) groups excluding carboxylic acids is 1. The zero-order valence-corrected chi connectivity index (χ0v) is 18.0. The number of fused-ring (bicyclic) bond motifs is 1. The first-order valence-corrected chi connectivity index (χ1v) is 10.9. The summed E-state index contributed by atoms with van der Waals surface area (Å²) in [6.45, 7) is 7.36. The molecule has 0 bridgehead atoms. The van der Waals surface area contributed by atoms with E-state index in [1.807, 2.05) is 41.8 Å². The summed E-state index contributed by atoms with van der Waals surface area (Å²) >= 11 is 1.34. The quantitative estimate of drug-likeness (QED) is 0.427. The molecule has 0 saturated carbocycles. The normalized spacial score (nSPS) is 13.5. The standard InChI is InChI=1S/C22H23N5O3S/c1-3-9-27-21(17-5-4-8-23-13-17)25-26-22(27)31-14-20(28)24-15(2)16-6-7-18-19(12-16)30-11-10-29-18/h3-8,12-13,15H,1,9-11,14H2,2H3,(H,24,28)/t15-/m1/s1. The second-order valence-electron chi connectivity index (χ2n) is 6.93. The van der Waals surface area contributed by atoms with Gasteiger partial charge in [0.2, 0.25) is 5.91 Å². The van der Waals surface area contributed by atoms with Crippen molar-refractivity contribution in [3.05, 3.63) is 60.9 Å². The van der Waals surface area contributed by atoms with Crippen LogP contribution >= 0.6 is 11.8 Å². The number of nitrogens with zero attached hydrogens (tertiary/aromatic N) is 4. The van der Waals surface area contributed by atoms with Crippen LogP contribution in [0.2, 0.25) is 0 Å². The minimum absolute atomic E-state index is 0.0940. The molecule has 2 aromatic heterocycles. The Labute approximate surface area is 184 Å². The monoisotopic (exact) mass is 437 g/mol. The number of hydrogen-bond acceptors (Lipinski definition) is 7. The van der Waals surface area contributed by atoms with E-state index in [1.54, 1.807) is 18.5 Å². The number of ether oxygens (including phenoxy) is 2. The summed E-state index contributed by atoms with van der Waals surface area (Å²) in [5.41, 5.74) is 1.82. The lowest BCUT2D eigenvalue weighted by Gasteiger charge is -2.21. The average Bonchev–Trinajstić information content (AvgIpc) is 3.20. The van der Waals surface area contributed by atoms with E-state index in [9.17, 15) is 4.79 Å². The van der Waals surface area contributed by atoms with Crippen LogP contribution in [0.1, 0.15) is 18.5 Å². The van der Waals surface area contributed by atoms with Gasteiger partial charge in [0.15, 0.2) is 22.5 Å². The molecule has 0 aliphatic carbocycles. The van der Waals surface area contributed by atoms with E-state index in [0.29, 0.717) is 36.5 Å². The van der Waals surface area contributed by atoms with E-state index < -0.39 is 0 Å². The van der Waals surface area contributed by atoms with E-state index in [0.717, 1.165) is 16.9 Å². The number of benzene rings is 1. The third kappa shape index (κ3) is 4.88. The molecule has 8 nitrogen and oxygen atoms in total. The molecule has 3 aromatic rings. The Morgan fingerprint density at radius 2 is 2.13 bits per heavy atom. The molecule has 3 heterocycles. The van der Waals surface area contributed by atoms with Crippen LogP contribution in [0.15, 0.2) is 60.5 Å². The Hall–Kier alpha value is -3.33. The highest BCUT2D eigenvalue weighted by molar-refractivity contribution is 7.99. The number of rotatable bonds is 8. The highest BCUT2D eigenvalue weighted by Gasteiger charge is 2.18. The average molecular weight is 438 g/mol. The number of hydrogen-bond donors (Lipinski definition) is 1. The summed E-state index contributed by atoms with van der Waals surface area (Å²) in [6, 6.07) is 9.33. The van der Waals surface area contributed by atoms with Crippen molar-refractivity contribution in [3.8, 4) is 22.9 Å². The van der Waals surface area contributed by atoms with Crippen LogP contribution in [0.5, 0.6) is 11.5 Å². The summed E-state index contributed by atoms with van der Waals surface area (Å²) in [4.78, 5) is 16.7. The topological polar surface area (TPSA) is 91.2 Å². The number of nitrogens with one attached hydrogen (secondary N) is 1. The van der Waals surface area contributed by atoms with Gasteiger partial charge in [-0.2, -0.15) is 0 Å². The summed E-state index contributed by atoms with van der Waals surface area (Å²) in [5, 5.41) is 12.2. The van der Waals surface area contributed by atoms with Gasteiger partial charge in [-0.15, -0.1) is 16.8 Å². The van der Waals surface area contributed by atoms with E-state index in [4.69, 9.17) is 9.47 Å². The number of pyridine rings is 1. The molecule has 160 valence electrons. The molecular formula is C22H23N5O3S. The zero-order valence-electron chi connectivity index (χ0n) is 17.2. The molecule has 0 spiro atoms. The van der Waals surface area contributed by atoms with Crippen molar-refractivity contribution in [1.29, 1.82) is 0 Å². The number of aromatic nitrogens is 4. The van der Waals surface area contributed by atoms with Gasteiger partial charge in [-0.25, -0.2) is 0 Å². The Morgan fingerprint density at radius 3 is 2.90 bits per heavy atom. The van der Waals surface area contributed by atoms with E-state index in [-0.39, 0.29) is 17.7 Å². The molecule has 0 unspecified atom stereocenters. The van der Waals surface area contributed by atoms with Crippen LogP contribution in [0, 0.1) is 0 Å². The van der Waals surface area contributed by atoms with Gasteiger partial charge < -0.3 is 14.8 Å². The first-order chi connectivity index (χ1) is 15.2. The maximum absolute atomic E-state index is 12.6. The third-order valence-corrected chi connectivity index (χ3v) is 5.69. The lowest BCUT2D eigenvalue weighted by Crippen LogP contribution is -2.28. The second-order valence-corrected chi connectivity index (χ2v) is 7.87. The molecule has 0 radical (unpaired) electrons. The molecule has 0 saturated heterocycles. The van der Waals surface area contributed by atoms with Crippen molar-refractivity contribution in [2.45, 2.75) is 24.7 Å². The minimum Gasteiger partial charge on any atom is -0.486 e. The summed E-state index contributed by atoms with van der Waals surface area (Å²) in [6.07, 6.45) is 5.22. The SMILES string of the molecule is C=CCn1c(SCC(=O)N[C@H](C)c2ccc3c(c2)OCCO3)nnc1-c1cccnc1. The predicted octanol–water partition coefficient (Wildman–Crippen LogP) is 3.27. The lowest BCUT2D eigenvalue weighted by molar-refractivity contribution is -0.119. The van der Waals surface area contributed by atoms with Crippen molar-refractivity contribution >= 4 is 17.7 Å². The van der Waals surface area contributed by atoms with Gasteiger partial charge in [0.25, 0.3) is 0 Å². The predicted molar refractivity (Wildman–Crippen MR) is 118 cm³/mol. The van der Waals surface area contributed by atoms with Gasteiger partial charge in [-0.3, -0.25) is 14.3 Å². The van der Waals surface area contributed by atoms with E-state index in [2.05, 4.69) is 27.1 Å². The first-order valence-electron chi connectivity index (χ1n) is 9.92. The van der Waals surface area contributed by atoms with Gasteiger partial charge in [0.05, 0.1) is 11.8 Å². The van der Waals surface area contributed by atoms with Crippen LogP contribution in [0.25, 0.3) is 11.4 Å². The van der Waals surface area contributed by atoms with Gasteiger partial charge in [-0.05, 0) is 36.8 Å². The summed E-state index contributed by atoms with van der Waals surface area (Å²) < 4.78 is 13.1. The Balaban J connectivity index is 1.39. The number of allylic oxidation sites excluding steroid dienone is 1. The summed E-state index contributed by atoms with van der Waals surface area (Å²) in [5.74, 6) is 2.26. The van der Waals surface area contributed by atoms with E-state index in [1.165, 1.54) is 11.8 Å². The third-order valence-electron chi connectivity index (χ3n) is 4.72. The van der Waals surface area contributed by atoms with Crippen molar-refractivity contribution in [1.82, 2.24) is 25.1 Å². The molecule has 1 amide bonds. The van der Waals surface area contributed by atoms with Gasteiger partial charge >= 0.3 is 0 Å².